The Morgan fingerprint density at radius 1 is 1.43 bits per heavy atom. The van der Waals surface area contributed by atoms with E-state index in [-0.39, 0.29) is 17.9 Å². The number of halogens is 1. The number of nitrogens with zero attached hydrogens (tertiary/aromatic N) is 1. The fourth-order valence-electron chi connectivity index (χ4n) is 3.03. The van der Waals surface area contributed by atoms with Gasteiger partial charge in [0, 0.05) is 28.9 Å². The lowest BCUT2D eigenvalue weighted by atomic mass is 10.0. The largest absolute Gasteiger partial charge is 0.393 e. The topological polar surface area (TPSA) is 40.5 Å². The summed E-state index contributed by atoms with van der Waals surface area (Å²) in [6, 6.07) is 9.66. The van der Waals surface area contributed by atoms with Gasteiger partial charge in [-0.25, -0.2) is 0 Å². The molecule has 2 heterocycles. The van der Waals surface area contributed by atoms with Gasteiger partial charge in [-0.15, -0.1) is 11.3 Å². The second-order valence-electron chi connectivity index (χ2n) is 6.17. The summed E-state index contributed by atoms with van der Waals surface area (Å²) in [4.78, 5) is 16.4. The maximum atomic E-state index is 12.7. The van der Waals surface area contributed by atoms with E-state index in [1.807, 2.05) is 42.2 Å². The van der Waals surface area contributed by atoms with Crippen molar-refractivity contribution in [1.29, 1.82) is 0 Å². The van der Waals surface area contributed by atoms with Gasteiger partial charge in [-0.05, 0) is 49.6 Å². The minimum Gasteiger partial charge on any atom is -0.393 e. The summed E-state index contributed by atoms with van der Waals surface area (Å²) in [5.41, 5.74) is 2.13. The molecule has 1 fully saturated rings. The van der Waals surface area contributed by atoms with Gasteiger partial charge < -0.3 is 10.0 Å². The third-order valence-electron chi connectivity index (χ3n) is 4.41. The van der Waals surface area contributed by atoms with Crippen LogP contribution in [0.1, 0.15) is 28.6 Å². The molecule has 0 radical (unpaired) electrons. The smallest absolute Gasteiger partial charge is 0.263 e. The van der Waals surface area contributed by atoms with Crippen molar-refractivity contribution in [3.63, 3.8) is 0 Å². The van der Waals surface area contributed by atoms with Crippen molar-refractivity contribution >= 4 is 28.8 Å². The Morgan fingerprint density at radius 3 is 2.87 bits per heavy atom. The first kappa shape index (κ1) is 16.5. The zero-order valence-electron chi connectivity index (χ0n) is 13.3. The van der Waals surface area contributed by atoms with Crippen LogP contribution in [0.4, 0.5) is 0 Å². The Hall–Kier alpha value is -1.36. The van der Waals surface area contributed by atoms with Gasteiger partial charge in [0.2, 0.25) is 0 Å². The predicted molar refractivity (Wildman–Crippen MR) is 95.2 cm³/mol. The molecule has 1 aliphatic rings. The predicted octanol–water partition coefficient (Wildman–Crippen LogP) is 4.22. The van der Waals surface area contributed by atoms with E-state index in [0.717, 1.165) is 33.8 Å². The monoisotopic (exact) mass is 349 g/mol. The second kappa shape index (κ2) is 6.63. The number of likely N-dealkylation sites (tertiary alicyclic amines) is 1. The molecule has 0 bridgehead atoms. The third-order valence-corrected chi connectivity index (χ3v) is 5.92. The molecule has 1 saturated heterocycles. The lowest BCUT2D eigenvalue weighted by Gasteiger charge is -2.16. The fraction of sp³-hybridized carbons (Fsp3) is 0.389. The maximum Gasteiger partial charge on any atom is 0.263 e. The van der Waals surface area contributed by atoms with Crippen LogP contribution in [-0.4, -0.2) is 35.1 Å². The lowest BCUT2D eigenvalue weighted by molar-refractivity contribution is 0.0767. The molecule has 122 valence electrons. The molecule has 2 atom stereocenters. The molecule has 5 heteroatoms. The van der Waals surface area contributed by atoms with Crippen molar-refractivity contribution in [3.05, 3.63) is 45.8 Å². The summed E-state index contributed by atoms with van der Waals surface area (Å²) in [6.45, 7) is 5.18. The third kappa shape index (κ3) is 3.44. The molecular weight excluding hydrogens is 330 g/mol. The van der Waals surface area contributed by atoms with Crippen molar-refractivity contribution < 1.29 is 9.90 Å². The van der Waals surface area contributed by atoms with E-state index in [9.17, 15) is 9.90 Å². The molecular formula is C18H20ClNO2S. The van der Waals surface area contributed by atoms with E-state index >= 15 is 0 Å². The van der Waals surface area contributed by atoms with Crippen molar-refractivity contribution in [2.24, 2.45) is 5.92 Å². The first-order valence-corrected chi connectivity index (χ1v) is 8.99. The molecule has 0 spiro atoms. The van der Waals surface area contributed by atoms with Crippen LogP contribution < -0.4 is 0 Å². The van der Waals surface area contributed by atoms with Crippen molar-refractivity contribution in [2.45, 2.75) is 26.4 Å². The summed E-state index contributed by atoms with van der Waals surface area (Å²) in [5.74, 6) is 0.252. The van der Waals surface area contributed by atoms with Crippen molar-refractivity contribution in [1.82, 2.24) is 4.90 Å². The Balaban J connectivity index is 1.82. The van der Waals surface area contributed by atoms with E-state index in [2.05, 4.69) is 0 Å². The summed E-state index contributed by atoms with van der Waals surface area (Å²) < 4.78 is 0. The van der Waals surface area contributed by atoms with Crippen molar-refractivity contribution in [2.75, 3.05) is 13.1 Å². The molecule has 1 aliphatic heterocycles. The van der Waals surface area contributed by atoms with Crippen molar-refractivity contribution in [3.8, 4) is 10.4 Å². The number of hydrogen-bond donors (Lipinski definition) is 1. The van der Waals surface area contributed by atoms with Crippen LogP contribution in [0.3, 0.4) is 0 Å². The zero-order valence-corrected chi connectivity index (χ0v) is 14.8. The number of carbonyl (C=O) groups excluding carboxylic acids is 1. The number of thiophene rings is 1. The summed E-state index contributed by atoms with van der Waals surface area (Å²) in [5, 5.41) is 10.4. The highest BCUT2D eigenvalue weighted by Gasteiger charge is 2.30. The Kier molecular flexibility index (Phi) is 4.76. The number of hydrogen-bond acceptors (Lipinski definition) is 3. The number of aryl methyl sites for hydroxylation is 1. The van der Waals surface area contributed by atoms with Crippen LogP contribution in [0.5, 0.6) is 0 Å². The first-order valence-electron chi connectivity index (χ1n) is 7.79. The average molecular weight is 350 g/mol. The van der Waals surface area contributed by atoms with E-state index in [4.69, 9.17) is 11.6 Å². The molecule has 2 unspecified atom stereocenters. The zero-order chi connectivity index (χ0) is 16.6. The number of rotatable bonds is 3. The van der Waals surface area contributed by atoms with Crippen LogP contribution in [0.2, 0.25) is 5.02 Å². The minimum absolute atomic E-state index is 0.0644. The highest BCUT2D eigenvalue weighted by atomic mass is 35.5. The Bertz CT molecular complexity index is 726. The Morgan fingerprint density at radius 2 is 2.22 bits per heavy atom. The molecule has 0 aliphatic carbocycles. The van der Waals surface area contributed by atoms with Gasteiger partial charge in [-0.3, -0.25) is 4.79 Å². The standard InChI is InChI=1S/C18H20ClNO2S/c1-11-8-16(18(22)20-7-6-14(10-20)12(2)21)23-17(11)13-4-3-5-15(19)9-13/h3-5,8-9,12,14,21H,6-7,10H2,1-2H3. The van der Waals surface area contributed by atoms with Gasteiger partial charge in [-0.1, -0.05) is 23.7 Å². The van der Waals surface area contributed by atoms with E-state index in [1.165, 1.54) is 11.3 Å². The normalized spacial score (nSPS) is 19.1. The Labute approximate surface area is 145 Å². The molecule has 1 aromatic carbocycles. The van der Waals surface area contributed by atoms with Crippen LogP contribution >= 0.6 is 22.9 Å². The summed E-state index contributed by atoms with van der Waals surface area (Å²) in [7, 11) is 0. The maximum absolute atomic E-state index is 12.7. The lowest BCUT2D eigenvalue weighted by Crippen LogP contribution is -2.29. The van der Waals surface area contributed by atoms with Crippen LogP contribution in [0.25, 0.3) is 10.4 Å². The van der Waals surface area contributed by atoms with Gasteiger partial charge in [0.1, 0.15) is 0 Å². The number of amides is 1. The molecule has 2 aromatic rings. The van der Waals surface area contributed by atoms with Gasteiger partial charge in [0.15, 0.2) is 0 Å². The van der Waals surface area contributed by atoms with E-state index < -0.39 is 0 Å². The number of aliphatic hydroxyl groups excluding tert-OH is 1. The molecule has 3 nitrogen and oxygen atoms in total. The molecule has 3 rings (SSSR count). The molecule has 1 N–H and O–H groups in total. The van der Waals surface area contributed by atoms with Crippen LogP contribution in [0.15, 0.2) is 30.3 Å². The fourth-order valence-corrected chi connectivity index (χ4v) is 4.35. The second-order valence-corrected chi connectivity index (χ2v) is 7.66. The summed E-state index contributed by atoms with van der Waals surface area (Å²) in [6.07, 6.45) is 0.509. The molecule has 1 amide bonds. The minimum atomic E-state index is -0.361. The van der Waals surface area contributed by atoms with Gasteiger partial charge >= 0.3 is 0 Å². The first-order chi connectivity index (χ1) is 11.0. The van der Waals surface area contributed by atoms with Crippen LogP contribution in [0, 0.1) is 12.8 Å². The highest BCUT2D eigenvalue weighted by molar-refractivity contribution is 7.17. The van der Waals surface area contributed by atoms with Crippen LogP contribution in [-0.2, 0) is 0 Å². The number of carbonyl (C=O) groups is 1. The van der Waals surface area contributed by atoms with E-state index in [0.29, 0.717) is 11.6 Å². The number of benzene rings is 1. The van der Waals surface area contributed by atoms with Gasteiger partial charge in [-0.2, -0.15) is 0 Å². The highest BCUT2D eigenvalue weighted by Crippen LogP contribution is 2.35. The van der Waals surface area contributed by atoms with Gasteiger partial charge in [0.05, 0.1) is 11.0 Å². The molecule has 0 saturated carbocycles. The quantitative estimate of drug-likeness (QED) is 0.901. The molecule has 23 heavy (non-hydrogen) atoms. The number of aliphatic hydroxyl groups is 1. The molecule has 1 aromatic heterocycles. The SMILES string of the molecule is Cc1cc(C(=O)N2CCC(C(C)O)C2)sc1-c1cccc(Cl)c1. The summed E-state index contributed by atoms with van der Waals surface area (Å²) >= 11 is 7.59. The average Bonchev–Trinajstić information content (AvgIpc) is 3.13. The van der Waals surface area contributed by atoms with E-state index in [1.54, 1.807) is 6.92 Å². The van der Waals surface area contributed by atoms with Gasteiger partial charge in [0.25, 0.3) is 5.91 Å².